The molecule has 0 aliphatic carbocycles. The van der Waals surface area contributed by atoms with E-state index in [0.717, 1.165) is 25.9 Å². The monoisotopic (exact) mass is 275 g/mol. The summed E-state index contributed by atoms with van der Waals surface area (Å²) in [6.07, 6.45) is 5.98. The van der Waals surface area contributed by atoms with Crippen LogP contribution < -0.4 is 5.32 Å². The maximum atomic E-state index is 13.0. The van der Waals surface area contributed by atoms with Gasteiger partial charge in [0.05, 0.1) is 6.20 Å². The van der Waals surface area contributed by atoms with Gasteiger partial charge >= 0.3 is 0 Å². The number of rotatable bonds is 7. The number of hydrogen-bond acceptors (Lipinski definition) is 2. The summed E-state index contributed by atoms with van der Waals surface area (Å²) < 4.78 is 14.9. The zero-order valence-electron chi connectivity index (χ0n) is 12.1. The molecule has 1 atom stereocenters. The predicted octanol–water partition coefficient (Wildman–Crippen LogP) is 2.89. The lowest BCUT2D eigenvalue weighted by Crippen LogP contribution is -2.21. The second kappa shape index (κ2) is 7.20. The van der Waals surface area contributed by atoms with E-state index in [9.17, 15) is 4.39 Å². The van der Waals surface area contributed by atoms with E-state index in [1.54, 1.807) is 12.1 Å². The molecule has 0 radical (unpaired) electrons. The fourth-order valence-electron chi connectivity index (χ4n) is 2.38. The summed E-state index contributed by atoms with van der Waals surface area (Å²) >= 11 is 0. The molecule has 1 unspecified atom stereocenters. The Kier molecular flexibility index (Phi) is 5.30. The van der Waals surface area contributed by atoms with Crippen LogP contribution >= 0.6 is 0 Å². The van der Waals surface area contributed by atoms with Gasteiger partial charge in [-0.25, -0.2) is 4.39 Å². The number of aryl methyl sites for hydroxylation is 2. The molecular formula is C16H22FN3. The normalized spacial score (nSPS) is 12.6. The van der Waals surface area contributed by atoms with Crippen molar-refractivity contribution in [2.75, 3.05) is 13.1 Å². The Labute approximate surface area is 119 Å². The van der Waals surface area contributed by atoms with Crippen LogP contribution in [0.15, 0.2) is 36.7 Å². The van der Waals surface area contributed by atoms with Crippen LogP contribution in [-0.4, -0.2) is 22.9 Å². The minimum atomic E-state index is -0.178. The van der Waals surface area contributed by atoms with Crippen molar-refractivity contribution in [2.45, 2.75) is 25.7 Å². The molecule has 1 aromatic heterocycles. The second-order valence-corrected chi connectivity index (χ2v) is 5.12. The molecule has 0 saturated heterocycles. The van der Waals surface area contributed by atoms with Crippen molar-refractivity contribution >= 4 is 0 Å². The Morgan fingerprint density at radius 2 is 2.05 bits per heavy atom. The highest BCUT2D eigenvalue weighted by molar-refractivity contribution is 5.21. The number of aromatic nitrogens is 2. The second-order valence-electron chi connectivity index (χ2n) is 5.12. The van der Waals surface area contributed by atoms with Gasteiger partial charge in [0, 0.05) is 19.8 Å². The van der Waals surface area contributed by atoms with Gasteiger partial charge in [-0.2, -0.15) is 5.10 Å². The fraction of sp³-hybridized carbons (Fsp3) is 0.438. The lowest BCUT2D eigenvalue weighted by molar-refractivity contribution is 0.559. The average molecular weight is 275 g/mol. The maximum absolute atomic E-state index is 13.0. The highest BCUT2D eigenvalue weighted by atomic mass is 19.1. The van der Waals surface area contributed by atoms with Crippen LogP contribution in [0, 0.1) is 5.82 Å². The number of benzene rings is 1. The summed E-state index contributed by atoms with van der Waals surface area (Å²) in [6.45, 7) is 3.97. The van der Waals surface area contributed by atoms with Crippen LogP contribution in [0.4, 0.5) is 4.39 Å². The van der Waals surface area contributed by atoms with Gasteiger partial charge in [-0.15, -0.1) is 0 Å². The third-order valence-corrected chi connectivity index (χ3v) is 3.52. The van der Waals surface area contributed by atoms with Crippen LogP contribution in [0.25, 0.3) is 0 Å². The third kappa shape index (κ3) is 4.17. The lowest BCUT2D eigenvalue weighted by Gasteiger charge is -2.17. The average Bonchev–Trinajstić information content (AvgIpc) is 2.86. The molecule has 1 aromatic carbocycles. The summed E-state index contributed by atoms with van der Waals surface area (Å²) in [4.78, 5) is 0. The van der Waals surface area contributed by atoms with E-state index in [2.05, 4.69) is 23.5 Å². The molecule has 0 spiro atoms. The van der Waals surface area contributed by atoms with Crippen LogP contribution in [0.5, 0.6) is 0 Å². The van der Waals surface area contributed by atoms with Crippen molar-refractivity contribution in [1.82, 2.24) is 15.1 Å². The molecule has 4 heteroatoms. The zero-order valence-corrected chi connectivity index (χ0v) is 12.1. The molecule has 1 heterocycles. The number of nitrogens with zero attached hydrogens (tertiary/aromatic N) is 2. The summed E-state index contributed by atoms with van der Waals surface area (Å²) in [5, 5.41) is 7.58. The van der Waals surface area contributed by atoms with E-state index >= 15 is 0 Å². The van der Waals surface area contributed by atoms with E-state index in [-0.39, 0.29) is 5.82 Å². The highest BCUT2D eigenvalue weighted by Crippen LogP contribution is 2.21. The quantitative estimate of drug-likeness (QED) is 0.842. The zero-order chi connectivity index (χ0) is 14.4. The first-order valence-electron chi connectivity index (χ1n) is 7.12. The largest absolute Gasteiger partial charge is 0.316 e. The first kappa shape index (κ1) is 14.7. The SMILES string of the molecule is CCNCC(CCc1cnn(C)c1)c1ccc(F)cc1. The minimum Gasteiger partial charge on any atom is -0.316 e. The van der Waals surface area contributed by atoms with Crippen LogP contribution in [0.1, 0.15) is 30.4 Å². The maximum Gasteiger partial charge on any atom is 0.123 e. The smallest absolute Gasteiger partial charge is 0.123 e. The molecule has 0 aliphatic rings. The molecular weight excluding hydrogens is 253 g/mol. The van der Waals surface area contributed by atoms with Gasteiger partial charge in [-0.1, -0.05) is 19.1 Å². The van der Waals surface area contributed by atoms with Crippen molar-refractivity contribution in [2.24, 2.45) is 7.05 Å². The van der Waals surface area contributed by atoms with Crippen molar-refractivity contribution < 1.29 is 4.39 Å². The molecule has 3 nitrogen and oxygen atoms in total. The van der Waals surface area contributed by atoms with Gasteiger partial charge in [0.2, 0.25) is 0 Å². The molecule has 0 aliphatic heterocycles. The van der Waals surface area contributed by atoms with Crippen molar-refractivity contribution in [3.63, 3.8) is 0 Å². The summed E-state index contributed by atoms with van der Waals surface area (Å²) in [7, 11) is 1.93. The van der Waals surface area contributed by atoms with E-state index in [0.29, 0.717) is 5.92 Å². The van der Waals surface area contributed by atoms with Gasteiger partial charge in [-0.05, 0) is 48.6 Å². The number of halogens is 1. The van der Waals surface area contributed by atoms with Crippen LogP contribution in [-0.2, 0) is 13.5 Å². The number of hydrogen-bond donors (Lipinski definition) is 1. The van der Waals surface area contributed by atoms with E-state index in [1.807, 2.05) is 30.1 Å². The predicted molar refractivity (Wildman–Crippen MR) is 79.2 cm³/mol. The Hall–Kier alpha value is -1.68. The Morgan fingerprint density at radius 1 is 1.30 bits per heavy atom. The molecule has 0 amide bonds. The van der Waals surface area contributed by atoms with Gasteiger partial charge < -0.3 is 5.32 Å². The lowest BCUT2D eigenvalue weighted by atomic mass is 9.93. The topological polar surface area (TPSA) is 29.9 Å². The van der Waals surface area contributed by atoms with E-state index < -0.39 is 0 Å². The number of nitrogens with one attached hydrogen (secondary N) is 1. The first-order chi connectivity index (χ1) is 9.69. The number of likely N-dealkylation sites (N-methyl/N-ethyl adjacent to an activating group) is 1. The Bertz CT molecular complexity index is 519. The van der Waals surface area contributed by atoms with Crippen LogP contribution in [0.2, 0.25) is 0 Å². The van der Waals surface area contributed by atoms with E-state index in [1.165, 1.54) is 11.1 Å². The standard InChI is InChI=1S/C16H22FN3/c1-3-18-11-15(14-6-8-16(17)9-7-14)5-4-13-10-19-20(2)12-13/h6-10,12,15,18H,3-5,11H2,1-2H3. The minimum absolute atomic E-state index is 0.178. The molecule has 2 aromatic rings. The molecule has 0 fully saturated rings. The molecule has 108 valence electrons. The van der Waals surface area contributed by atoms with Gasteiger partial charge in [0.15, 0.2) is 0 Å². The summed E-state index contributed by atoms with van der Waals surface area (Å²) in [6, 6.07) is 6.86. The molecule has 0 bridgehead atoms. The fourth-order valence-corrected chi connectivity index (χ4v) is 2.38. The van der Waals surface area contributed by atoms with Gasteiger partial charge in [-0.3, -0.25) is 4.68 Å². The molecule has 1 N–H and O–H groups in total. The van der Waals surface area contributed by atoms with Crippen molar-refractivity contribution in [1.29, 1.82) is 0 Å². The van der Waals surface area contributed by atoms with Gasteiger partial charge in [0.1, 0.15) is 5.82 Å². The molecule has 20 heavy (non-hydrogen) atoms. The van der Waals surface area contributed by atoms with Crippen molar-refractivity contribution in [3.05, 3.63) is 53.6 Å². The Morgan fingerprint density at radius 3 is 2.65 bits per heavy atom. The van der Waals surface area contributed by atoms with E-state index in [4.69, 9.17) is 0 Å². The molecule has 2 rings (SSSR count). The third-order valence-electron chi connectivity index (χ3n) is 3.52. The van der Waals surface area contributed by atoms with Crippen LogP contribution in [0.3, 0.4) is 0 Å². The Balaban J connectivity index is 2.01. The molecule has 0 saturated carbocycles. The summed E-state index contributed by atoms with van der Waals surface area (Å²) in [5.41, 5.74) is 2.44. The van der Waals surface area contributed by atoms with Gasteiger partial charge in [0.25, 0.3) is 0 Å². The highest BCUT2D eigenvalue weighted by Gasteiger charge is 2.12. The van der Waals surface area contributed by atoms with Crippen molar-refractivity contribution in [3.8, 4) is 0 Å². The first-order valence-corrected chi connectivity index (χ1v) is 7.12. The summed E-state index contributed by atoms with van der Waals surface area (Å²) in [5.74, 6) is 0.221.